The Morgan fingerprint density at radius 2 is 1.65 bits per heavy atom. The summed E-state index contributed by atoms with van der Waals surface area (Å²) in [6.07, 6.45) is 3.63. The molecule has 0 amide bonds. The maximum atomic E-state index is 5.83. The zero-order valence-corrected chi connectivity index (χ0v) is 12.8. The Labute approximate surface area is 109 Å². The molecule has 1 heterocycles. The van der Waals surface area contributed by atoms with Crippen LogP contribution in [0.2, 0.25) is 0 Å². The van der Waals surface area contributed by atoms with Gasteiger partial charge in [-0.1, -0.05) is 34.6 Å². The average molecular weight is 245 g/mol. The minimum absolute atomic E-state index is 0.463. The normalized spacial score (nSPS) is 16.6. The van der Waals surface area contributed by atoms with Crippen molar-refractivity contribution in [2.45, 2.75) is 59.9 Å². The molecule has 0 aromatic rings. The van der Waals surface area contributed by atoms with Gasteiger partial charge in [-0.05, 0) is 52.0 Å². The first-order valence-electron chi connectivity index (χ1n) is 7.51. The summed E-state index contributed by atoms with van der Waals surface area (Å²) in [6, 6.07) is 0.463. The molecular weight excluding hydrogens is 210 g/mol. The maximum absolute atomic E-state index is 5.83. The summed E-state index contributed by atoms with van der Waals surface area (Å²) < 4.78 is 0. The van der Waals surface area contributed by atoms with E-state index in [1.54, 1.807) is 0 Å². The van der Waals surface area contributed by atoms with Gasteiger partial charge >= 0.3 is 0 Å². The average Bonchev–Trinajstić information content (AvgIpc) is 2.41. The highest BCUT2D eigenvalue weighted by Crippen LogP contribution is 2.07. The summed E-state index contributed by atoms with van der Waals surface area (Å²) in [5.41, 5.74) is 5.83. The van der Waals surface area contributed by atoms with Crippen LogP contribution in [0.3, 0.4) is 0 Å². The molecule has 0 unspecified atom stereocenters. The zero-order valence-electron chi connectivity index (χ0n) is 12.8. The predicted octanol–water partition coefficient (Wildman–Crippen LogP) is 2.46. The van der Waals surface area contributed by atoms with Crippen molar-refractivity contribution in [1.82, 2.24) is 10.2 Å². The lowest BCUT2D eigenvalue weighted by molar-refractivity contribution is 0.211. The van der Waals surface area contributed by atoms with Gasteiger partial charge < -0.3 is 16.0 Å². The van der Waals surface area contributed by atoms with Crippen LogP contribution >= 0.6 is 0 Å². The highest BCUT2D eigenvalue weighted by molar-refractivity contribution is 4.73. The number of rotatable bonds is 5. The fourth-order valence-electron chi connectivity index (χ4n) is 1.78. The number of nitrogens with zero attached hydrogens (tertiary/aromatic N) is 1. The van der Waals surface area contributed by atoms with E-state index in [1.165, 1.54) is 38.9 Å². The minimum Gasteiger partial charge on any atom is -0.328 e. The Balaban J connectivity index is 0. The molecule has 3 N–H and O–H groups in total. The maximum Gasteiger partial charge on any atom is 0.00631 e. The van der Waals surface area contributed by atoms with E-state index in [-0.39, 0.29) is 0 Å². The van der Waals surface area contributed by atoms with E-state index >= 15 is 0 Å². The molecule has 0 aromatic carbocycles. The topological polar surface area (TPSA) is 41.3 Å². The van der Waals surface area contributed by atoms with E-state index in [2.05, 4.69) is 17.1 Å². The molecule has 3 nitrogen and oxygen atoms in total. The van der Waals surface area contributed by atoms with Gasteiger partial charge in [0.15, 0.2) is 0 Å². The number of hydrogen-bond donors (Lipinski definition) is 2. The molecule has 0 saturated carbocycles. The highest BCUT2D eigenvalue weighted by Gasteiger charge is 2.14. The van der Waals surface area contributed by atoms with E-state index in [4.69, 9.17) is 5.73 Å². The molecule has 0 radical (unpaired) electrons. The van der Waals surface area contributed by atoms with E-state index < -0.39 is 0 Å². The molecule has 1 aliphatic rings. The molecule has 0 aromatic heterocycles. The minimum atomic E-state index is 0.463. The fraction of sp³-hybridized carbons (Fsp3) is 1.00. The van der Waals surface area contributed by atoms with Gasteiger partial charge in [0.05, 0.1) is 0 Å². The van der Waals surface area contributed by atoms with Gasteiger partial charge in [-0.3, -0.25) is 0 Å². The second-order valence-corrected chi connectivity index (χ2v) is 3.89. The van der Waals surface area contributed by atoms with Crippen molar-refractivity contribution in [2.75, 3.05) is 32.7 Å². The predicted molar refractivity (Wildman–Crippen MR) is 79.5 cm³/mol. The number of likely N-dealkylation sites (tertiary alicyclic amines) is 1. The lowest BCUT2D eigenvalue weighted by atomic mass is 10.1. The Morgan fingerprint density at radius 1 is 1.12 bits per heavy atom. The number of piperidine rings is 1. The van der Waals surface area contributed by atoms with Crippen molar-refractivity contribution in [3.63, 3.8) is 0 Å². The van der Waals surface area contributed by atoms with Gasteiger partial charge in [0, 0.05) is 6.04 Å². The molecule has 1 saturated heterocycles. The van der Waals surface area contributed by atoms with E-state index in [9.17, 15) is 0 Å². The third kappa shape index (κ3) is 12.1. The molecule has 3 heteroatoms. The molecule has 17 heavy (non-hydrogen) atoms. The summed E-state index contributed by atoms with van der Waals surface area (Å²) in [5.74, 6) is 0. The lowest BCUT2D eigenvalue weighted by Crippen LogP contribution is -2.40. The summed E-state index contributed by atoms with van der Waals surface area (Å²) in [4.78, 5) is 2.53. The quantitative estimate of drug-likeness (QED) is 0.731. The first-order chi connectivity index (χ1) is 8.33. The standard InChI is InChI=1S/C10H23N3.2C2H6/c1-2-12-6-3-7-13-8-4-10(11)5-9-13;2*1-2/h10,12H,2-9,11H2,1H3;2*1-2H3. The van der Waals surface area contributed by atoms with Crippen LogP contribution < -0.4 is 11.1 Å². The summed E-state index contributed by atoms with van der Waals surface area (Å²) >= 11 is 0. The molecule has 106 valence electrons. The van der Waals surface area contributed by atoms with Crippen LogP contribution in [0.4, 0.5) is 0 Å². The summed E-state index contributed by atoms with van der Waals surface area (Å²) in [5, 5.41) is 3.35. The molecule has 1 rings (SSSR count). The second kappa shape index (κ2) is 15.9. The first-order valence-corrected chi connectivity index (χ1v) is 7.51. The van der Waals surface area contributed by atoms with Crippen LogP contribution in [0.5, 0.6) is 0 Å². The van der Waals surface area contributed by atoms with Crippen molar-refractivity contribution in [1.29, 1.82) is 0 Å². The van der Waals surface area contributed by atoms with E-state index in [1.807, 2.05) is 27.7 Å². The van der Waals surface area contributed by atoms with Gasteiger partial charge in [-0.15, -0.1) is 0 Å². The van der Waals surface area contributed by atoms with Crippen LogP contribution in [0.15, 0.2) is 0 Å². The Hall–Kier alpha value is -0.120. The monoisotopic (exact) mass is 245 g/mol. The molecule has 0 spiro atoms. The van der Waals surface area contributed by atoms with Crippen molar-refractivity contribution in [2.24, 2.45) is 5.73 Å². The molecular formula is C14H35N3. The van der Waals surface area contributed by atoms with Gasteiger partial charge in [-0.25, -0.2) is 0 Å². The molecule has 0 bridgehead atoms. The largest absolute Gasteiger partial charge is 0.328 e. The van der Waals surface area contributed by atoms with Crippen LogP contribution in [0.25, 0.3) is 0 Å². The highest BCUT2D eigenvalue weighted by atomic mass is 15.1. The van der Waals surface area contributed by atoms with Crippen LogP contribution in [0.1, 0.15) is 53.9 Å². The van der Waals surface area contributed by atoms with Crippen molar-refractivity contribution in [3.05, 3.63) is 0 Å². The molecule has 0 aliphatic carbocycles. The number of nitrogens with one attached hydrogen (secondary N) is 1. The molecule has 1 aliphatic heterocycles. The van der Waals surface area contributed by atoms with Gasteiger partial charge in [0.2, 0.25) is 0 Å². The lowest BCUT2D eigenvalue weighted by Gasteiger charge is -2.29. The second-order valence-electron chi connectivity index (χ2n) is 3.89. The van der Waals surface area contributed by atoms with Crippen LogP contribution in [0, 0.1) is 0 Å². The van der Waals surface area contributed by atoms with Crippen LogP contribution in [-0.2, 0) is 0 Å². The Bertz CT molecular complexity index is 121. The molecule has 0 atom stereocenters. The van der Waals surface area contributed by atoms with Gasteiger partial charge in [0.25, 0.3) is 0 Å². The third-order valence-electron chi connectivity index (χ3n) is 2.71. The summed E-state index contributed by atoms with van der Waals surface area (Å²) in [6.45, 7) is 16.0. The fourth-order valence-corrected chi connectivity index (χ4v) is 1.78. The number of hydrogen-bond acceptors (Lipinski definition) is 3. The van der Waals surface area contributed by atoms with Crippen molar-refractivity contribution in [3.8, 4) is 0 Å². The first kappa shape index (κ1) is 19.2. The SMILES string of the molecule is CC.CC.CCNCCCN1CCC(N)CC1. The van der Waals surface area contributed by atoms with E-state index in [0.717, 1.165) is 13.1 Å². The van der Waals surface area contributed by atoms with Gasteiger partial charge in [-0.2, -0.15) is 0 Å². The molecule has 1 fully saturated rings. The Morgan fingerprint density at radius 3 is 2.12 bits per heavy atom. The van der Waals surface area contributed by atoms with Crippen LogP contribution in [-0.4, -0.2) is 43.7 Å². The van der Waals surface area contributed by atoms with Crippen molar-refractivity contribution < 1.29 is 0 Å². The third-order valence-corrected chi connectivity index (χ3v) is 2.71. The number of nitrogens with two attached hydrogens (primary N) is 1. The zero-order chi connectivity index (χ0) is 13.5. The smallest absolute Gasteiger partial charge is 0.00631 e. The van der Waals surface area contributed by atoms with E-state index in [0.29, 0.717) is 6.04 Å². The van der Waals surface area contributed by atoms with Crippen molar-refractivity contribution >= 4 is 0 Å². The summed E-state index contributed by atoms with van der Waals surface area (Å²) in [7, 11) is 0. The van der Waals surface area contributed by atoms with Gasteiger partial charge in [0.1, 0.15) is 0 Å². The Kier molecular flexibility index (Phi) is 18.0.